The summed E-state index contributed by atoms with van der Waals surface area (Å²) in [4.78, 5) is 21.7. The first-order chi connectivity index (χ1) is 14.7. The zero-order valence-electron chi connectivity index (χ0n) is 15.9. The number of carboxylic acid groups (broad SMARTS) is 1. The van der Waals surface area contributed by atoms with Crippen LogP contribution in [0.25, 0.3) is 32.7 Å². The van der Waals surface area contributed by atoms with Crippen molar-refractivity contribution in [2.45, 2.75) is 0 Å². The number of ether oxygens (including phenoxy) is 3. The molecule has 1 N–H and O–H groups in total. The van der Waals surface area contributed by atoms with Gasteiger partial charge >= 0.3 is 5.97 Å². The van der Waals surface area contributed by atoms with Crippen molar-refractivity contribution in [1.29, 1.82) is 0 Å². The van der Waals surface area contributed by atoms with E-state index in [1.165, 1.54) is 0 Å². The van der Waals surface area contributed by atoms with Crippen LogP contribution in [0.4, 0.5) is 0 Å². The van der Waals surface area contributed by atoms with Gasteiger partial charge in [-0.1, -0.05) is 60.7 Å². The SMILES string of the molecule is O=COCOc1ccc2ccccc2c1-c1c(OCC(=O)O)ccc2ccccc12. The second-order valence-corrected chi connectivity index (χ2v) is 6.53. The zero-order valence-corrected chi connectivity index (χ0v) is 15.9. The Bertz CT molecular complexity index is 1230. The summed E-state index contributed by atoms with van der Waals surface area (Å²) in [6, 6.07) is 22.9. The van der Waals surface area contributed by atoms with Gasteiger partial charge in [0, 0.05) is 11.1 Å². The molecule has 0 aromatic heterocycles. The van der Waals surface area contributed by atoms with Gasteiger partial charge in [0.25, 0.3) is 6.47 Å². The molecule has 30 heavy (non-hydrogen) atoms. The lowest BCUT2D eigenvalue weighted by molar-refractivity contribution is -0.139. The number of fused-ring (bicyclic) bond motifs is 2. The van der Waals surface area contributed by atoms with Gasteiger partial charge in [0.1, 0.15) is 11.5 Å². The highest BCUT2D eigenvalue weighted by Crippen LogP contribution is 2.45. The van der Waals surface area contributed by atoms with Gasteiger partial charge in [-0.3, -0.25) is 4.79 Å². The smallest absolute Gasteiger partial charge is 0.341 e. The summed E-state index contributed by atoms with van der Waals surface area (Å²) < 4.78 is 16.1. The molecule has 4 aromatic carbocycles. The summed E-state index contributed by atoms with van der Waals surface area (Å²) in [6.45, 7) is -0.397. The standard InChI is InChI=1S/C24H18O6/c25-14-28-15-30-21-12-10-17-6-2-4-8-19(17)24(21)23-18-7-3-1-5-16(18)9-11-20(23)29-13-22(26)27/h1-12,14H,13,15H2,(H,26,27). The molecule has 4 rings (SSSR count). The Morgan fingerprint density at radius 2 is 1.30 bits per heavy atom. The molecule has 4 aromatic rings. The number of hydrogen-bond acceptors (Lipinski definition) is 5. The second-order valence-electron chi connectivity index (χ2n) is 6.53. The molecular weight excluding hydrogens is 384 g/mol. The molecule has 0 heterocycles. The van der Waals surface area contributed by atoms with Crippen molar-refractivity contribution in [2.24, 2.45) is 0 Å². The van der Waals surface area contributed by atoms with Crippen molar-refractivity contribution in [3.8, 4) is 22.6 Å². The third-order valence-electron chi connectivity index (χ3n) is 4.73. The van der Waals surface area contributed by atoms with E-state index in [4.69, 9.17) is 19.3 Å². The van der Waals surface area contributed by atoms with Gasteiger partial charge < -0.3 is 19.3 Å². The van der Waals surface area contributed by atoms with Gasteiger partial charge in [-0.15, -0.1) is 0 Å². The van der Waals surface area contributed by atoms with Crippen molar-refractivity contribution < 1.29 is 28.9 Å². The highest BCUT2D eigenvalue weighted by Gasteiger charge is 2.19. The van der Waals surface area contributed by atoms with E-state index in [1.807, 2.05) is 60.7 Å². The van der Waals surface area contributed by atoms with Crippen LogP contribution in [0, 0.1) is 0 Å². The monoisotopic (exact) mass is 402 g/mol. The number of carboxylic acids is 1. The quantitative estimate of drug-likeness (QED) is 0.263. The van der Waals surface area contributed by atoms with Crippen LogP contribution in [0.3, 0.4) is 0 Å². The van der Waals surface area contributed by atoms with Crippen molar-refractivity contribution in [3.63, 3.8) is 0 Å². The van der Waals surface area contributed by atoms with E-state index < -0.39 is 12.6 Å². The topological polar surface area (TPSA) is 82.1 Å². The van der Waals surface area contributed by atoms with Gasteiger partial charge in [-0.2, -0.15) is 0 Å². The summed E-state index contributed by atoms with van der Waals surface area (Å²) in [5.41, 5.74) is 1.45. The number of benzene rings is 4. The maximum Gasteiger partial charge on any atom is 0.341 e. The van der Waals surface area contributed by atoms with Crippen molar-refractivity contribution in [1.82, 2.24) is 0 Å². The molecule has 0 saturated carbocycles. The summed E-state index contributed by atoms with van der Waals surface area (Å²) in [5.74, 6) is -0.149. The second kappa shape index (κ2) is 8.53. The van der Waals surface area contributed by atoms with E-state index in [2.05, 4.69) is 0 Å². The lowest BCUT2D eigenvalue weighted by Crippen LogP contribution is -2.10. The van der Waals surface area contributed by atoms with Crippen molar-refractivity contribution in [2.75, 3.05) is 13.4 Å². The minimum Gasteiger partial charge on any atom is -0.481 e. The number of hydrogen-bond donors (Lipinski definition) is 1. The predicted molar refractivity (Wildman–Crippen MR) is 113 cm³/mol. The highest BCUT2D eigenvalue weighted by molar-refractivity contribution is 6.09. The Morgan fingerprint density at radius 1 is 0.767 bits per heavy atom. The van der Waals surface area contributed by atoms with E-state index in [-0.39, 0.29) is 6.79 Å². The molecule has 0 fully saturated rings. The first-order valence-electron chi connectivity index (χ1n) is 9.25. The molecule has 0 radical (unpaired) electrons. The largest absolute Gasteiger partial charge is 0.481 e. The third-order valence-corrected chi connectivity index (χ3v) is 4.73. The fourth-order valence-corrected chi connectivity index (χ4v) is 3.52. The van der Waals surface area contributed by atoms with Crippen LogP contribution in [0.1, 0.15) is 0 Å². The zero-order chi connectivity index (χ0) is 20.9. The van der Waals surface area contributed by atoms with E-state index >= 15 is 0 Å². The van der Waals surface area contributed by atoms with Crippen LogP contribution in [-0.2, 0) is 14.3 Å². The maximum atomic E-state index is 11.1. The number of carbonyl (C=O) groups is 2. The average molecular weight is 402 g/mol. The molecule has 0 aliphatic heterocycles. The Kier molecular flexibility index (Phi) is 5.48. The molecule has 0 aliphatic carbocycles. The van der Waals surface area contributed by atoms with Gasteiger partial charge in [0.05, 0.1) is 0 Å². The molecular formula is C24H18O6. The van der Waals surface area contributed by atoms with Gasteiger partial charge in [0.15, 0.2) is 6.61 Å². The summed E-state index contributed by atoms with van der Waals surface area (Å²) >= 11 is 0. The summed E-state index contributed by atoms with van der Waals surface area (Å²) in [7, 11) is 0. The van der Waals surface area contributed by atoms with Gasteiger partial charge in [-0.05, 0) is 33.7 Å². The van der Waals surface area contributed by atoms with Crippen LogP contribution in [0.5, 0.6) is 11.5 Å². The normalized spacial score (nSPS) is 10.7. The Hall–Kier alpha value is -4.06. The van der Waals surface area contributed by atoms with Crippen LogP contribution < -0.4 is 9.47 Å². The maximum absolute atomic E-state index is 11.1. The molecule has 0 atom stereocenters. The predicted octanol–water partition coefficient (Wildman–Crippen LogP) is 4.63. The Balaban J connectivity index is 2.02. The Morgan fingerprint density at radius 3 is 1.83 bits per heavy atom. The fraction of sp³-hybridized carbons (Fsp3) is 0.0833. The number of aliphatic carboxylic acids is 1. The van der Waals surface area contributed by atoms with Crippen LogP contribution in [0.2, 0.25) is 0 Å². The first-order valence-corrected chi connectivity index (χ1v) is 9.25. The van der Waals surface area contributed by atoms with Gasteiger partial charge in [0.2, 0.25) is 6.79 Å². The van der Waals surface area contributed by atoms with E-state index in [0.29, 0.717) is 23.5 Å². The van der Waals surface area contributed by atoms with Crippen molar-refractivity contribution >= 4 is 34.0 Å². The minimum absolute atomic E-state index is 0.245. The first kappa shape index (κ1) is 19.3. The molecule has 150 valence electrons. The minimum atomic E-state index is -1.07. The number of rotatable bonds is 8. The molecule has 6 heteroatoms. The molecule has 0 saturated heterocycles. The summed E-state index contributed by atoms with van der Waals surface area (Å²) in [5, 5.41) is 12.9. The molecule has 6 nitrogen and oxygen atoms in total. The van der Waals surface area contributed by atoms with Gasteiger partial charge in [-0.25, -0.2) is 4.79 Å². The Labute approximate surface area is 172 Å². The van der Waals surface area contributed by atoms with E-state index in [9.17, 15) is 9.59 Å². The molecule has 0 unspecified atom stereocenters. The third kappa shape index (κ3) is 3.75. The van der Waals surface area contributed by atoms with Crippen molar-refractivity contribution in [3.05, 3.63) is 72.8 Å². The molecule has 0 aliphatic rings. The van der Waals surface area contributed by atoms with E-state index in [1.54, 1.807) is 12.1 Å². The van der Waals surface area contributed by atoms with Crippen LogP contribution in [-0.4, -0.2) is 30.9 Å². The molecule has 0 spiro atoms. The molecule has 0 amide bonds. The van der Waals surface area contributed by atoms with E-state index in [0.717, 1.165) is 27.1 Å². The van der Waals surface area contributed by atoms with Crippen LogP contribution in [0.15, 0.2) is 72.8 Å². The lowest BCUT2D eigenvalue weighted by atomic mass is 9.92. The number of carbonyl (C=O) groups excluding carboxylic acids is 1. The average Bonchev–Trinajstić information content (AvgIpc) is 2.77. The molecule has 0 bridgehead atoms. The lowest BCUT2D eigenvalue weighted by Gasteiger charge is -2.19. The summed E-state index contributed by atoms with van der Waals surface area (Å²) in [6.07, 6.45) is 0. The van der Waals surface area contributed by atoms with Crippen LogP contribution >= 0.6 is 0 Å². The fourth-order valence-electron chi connectivity index (χ4n) is 3.52. The highest BCUT2D eigenvalue weighted by atomic mass is 16.7.